The first-order chi connectivity index (χ1) is 6.88. The molecule has 0 unspecified atom stereocenters. The van der Waals surface area contributed by atoms with Crippen LogP contribution in [0.1, 0.15) is 26.7 Å². The fraction of sp³-hybridized carbons (Fsp3) is 0.556. The fourth-order valence-corrected chi connectivity index (χ4v) is 1.21. The van der Waals surface area contributed by atoms with E-state index in [0.717, 1.165) is 0 Å². The highest BCUT2D eigenvalue weighted by Crippen LogP contribution is 2.29. The molecule has 0 spiro atoms. The molecule has 0 heterocycles. The second kappa shape index (κ2) is 5.23. The van der Waals surface area contributed by atoms with Gasteiger partial charge in [-0.1, -0.05) is 20.4 Å². The van der Waals surface area contributed by atoms with Crippen LogP contribution in [0, 0.1) is 0 Å². The third kappa shape index (κ3) is 3.49. The quantitative estimate of drug-likeness (QED) is 0.543. The van der Waals surface area contributed by atoms with Crippen molar-refractivity contribution >= 4 is 12.3 Å². The first-order valence-electron chi connectivity index (χ1n) is 4.40. The number of carboxylic acid groups (broad SMARTS) is 2. The van der Waals surface area contributed by atoms with Crippen molar-refractivity contribution in [1.82, 2.24) is 0 Å². The van der Waals surface area contributed by atoms with Crippen molar-refractivity contribution < 1.29 is 29.3 Å². The summed E-state index contributed by atoms with van der Waals surface area (Å²) in [5.74, 6) is -0.220. The summed E-state index contributed by atoms with van der Waals surface area (Å²) in [7, 11) is 0. The largest absolute Gasteiger partial charge is 0.511 e. The Bertz CT molecular complexity index is 266. The summed E-state index contributed by atoms with van der Waals surface area (Å²) in [5, 5.41) is 16.9. The van der Waals surface area contributed by atoms with E-state index < -0.39 is 17.9 Å². The Balaban J connectivity index is 4.82. The summed E-state index contributed by atoms with van der Waals surface area (Å²) in [4.78, 5) is 20.7. The van der Waals surface area contributed by atoms with Crippen LogP contribution in [0.5, 0.6) is 0 Å². The second-order valence-electron chi connectivity index (χ2n) is 2.86. The number of rotatable bonds is 5. The van der Waals surface area contributed by atoms with Gasteiger partial charge in [0.2, 0.25) is 0 Å². The van der Waals surface area contributed by atoms with E-state index in [1.54, 1.807) is 13.8 Å². The molecule has 15 heavy (non-hydrogen) atoms. The molecule has 0 aromatic heterocycles. The lowest BCUT2D eigenvalue weighted by molar-refractivity contribution is -0.0310. The maximum absolute atomic E-state index is 10.5. The Morgan fingerprint density at radius 2 is 1.67 bits per heavy atom. The van der Waals surface area contributed by atoms with Crippen molar-refractivity contribution in [2.24, 2.45) is 0 Å². The molecule has 0 rings (SSSR count). The lowest BCUT2D eigenvalue weighted by Gasteiger charge is -2.30. The topological polar surface area (TPSA) is 93.1 Å². The summed E-state index contributed by atoms with van der Waals surface area (Å²) in [6, 6.07) is 0. The van der Waals surface area contributed by atoms with Gasteiger partial charge in [0, 0.05) is 0 Å². The highest BCUT2D eigenvalue weighted by molar-refractivity contribution is 5.60. The van der Waals surface area contributed by atoms with Gasteiger partial charge in [0.15, 0.2) is 5.60 Å². The van der Waals surface area contributed by atoms with E-state index in [4.69, 9.17) is 10.2 Å². The Kier molecular flexibility index (Phi) is 4.63. The molecular formula is C9H14O6. The number of carbonyl (C=O) groups is 2. The highest BCUT2D eigenvalue weighted by Gasteiger charge is 2.37. The molecule has 6 heteroatoms. The molecule has 0 saturated heterocycles. The lowest BCUT2D eigenvalue weighted by atomic mass is 9.95. The van der Waals surface area contributed by atoms with Crippen LogP contribution in [0.3, 0.4) is 0 Å². The van der Waals surface area contributed by atoms with Crippen LogP contribution in [-0.4, -0.2) is 28.1 Å². The molecule has 0 bridgehead atoms. The fourth-order valence-electron chi connectivity index (χ4n) is 1.21. The van der Waals surface area contributed by atoms with Crippen LogP contribution in [0.4, 0.5) is 9.59 Å². The molecule has 0 aromatic carbocycles. The van der Waals surface area contributed by atoms with E-state index in [-0.39, 0.29) is 18.6 Å². The molecule has 0 aliphatic rings. The zero-order chi connectivity index (χ0) is 12.1. The van der Waals surface area contributed by atoms with E-state index >= 15 is 0 Å². The summed E-state index contributed by atoms with van der Waals surface area (Å²) < 4.78 is 8.96. The molecule has 6 nitrogen and oxygen atoms in total. The smallest absolute Gasteiger partial charge is 0.450 e. The lowest BCUT2D eigenvalue weighted by Crippen LogP contribution is -2.36. The minimum absolute atomic E-state index is 0.220. The first-order valence-corrected chi connectivity index (χ1v) is 4.40. The maximum Gasteiger partial charge on any atom is 0.511 e. The maximum atomic E-state index is 10.5. The normalized spacial score (nSPS) is 10.5. The van der Waals surface area contributed by atoms with Crippen LogP contribution in [0.2, 0.25) is 0 Å². The van der Waals surface area contributed by atoms with Gasteiger partial charge in [-0.2, -0.15) is 0 Å². The van der Waals surface area contributed by atoms with E-state index in [1.807, 2.05) is 0 Å². The van der Waals surface area contributed by atoms with Crippen molar-refractivity contribution in [3.8, 4) is 0 Å². The number of ether oxygens (including phenoxy) is 2. The van der Waals surface area contributed by atoms with Crippen LogP contribution in [0.25, 0.3) is 0 Å². The van der Waals surface area contributed by atoms with Crippen molar-refractivity contribution in [2.45, 2.75) is 32.3 Å². The zero-order valence-electron chi connectivity index (χ0n) is 8.65. The standard InChI is InChI=1S/C9H14O6/c1-4-9(5-2,15-8(12)13)6(3)14-7(10)11/h3-5H2,1-2H3,(H,10,11)(H,12,13). The predicted octanol–water partition coefficient (Wildman–Crippen LogP) is 2.45. The Labute approximate surface area is 87.1 Å². The van der Waals surface area contributed by atoms with Crippen LogP contribution in [-0.2, 0) is 9.47 Å². The summed E-state index contributed by atoms with van der Waals surface area (Å²) >= 11 is 0. The third-order valence-electron chi connectivity index (χ3n) is 2.14. The third-order valence-corrected chi connectivity index (χ3v) is 2.14. The van der Waals surface area contributed by atoms with Crippen molar-refractivity contribution in [3.63, 3.8) is 0 Å². The molecule has 0 aliphatic heterocycles. The van der Waals surface area contributed by atoms with E-state index in [9.17, 15) is 9.59 Å². The first kappa shape index (κ1) is 13.3. The van der Waals surface area contributed by atoms with Gasteiger partial charge in [-0.3, -0.25) is 0 Å². The number of hydrogen-bond donors (Lipinski definition) is 2. The van der Waals surface area contributed by atoms with Gasteiger partial charge in [0.1, 0.15) is 5.76 Å². The van der Waals surface area contributed by atoms with Gasteiger partial charge in [-0.25, -0.2) is 9.59 Å². The van der Waals surface area contributed by atoms with Gasteiger partial charge < -0.3 is 19.7 Å². The molecule has 0 saturated carbocycles. The van der Waals surface area contributed by atoms with Gasteiger partial charge in [0.25, 0.3) is 0 Å². The molecule has 0 atom stereocenters. The molecule has 86 valence electrons. The summed E-state index contributed by atoms with van der Waals surface area (Å²) in [5.41, 5.74) is -1.30. The van der Waals surface area contributed by atoms with Crippen molar-refractivity contribution in [1.29, 1.82) is 0 Å². The molecule has 0 radical (unpaired) electrons. The molecule has 2 N–H and O–H groups in total. The second-order valence-corrected chi connectivity index (χ2v) is 2.86. The van der Waals surface area contributed by atoms with Gasteiger partial charge in [-0.15, -0.1) is 0 Å². The van der Waals surface area contributed by atoms with E-state index in [0.29, 0.717) is 0 Å². The predicted molar refractivity (Wildman–Crippen MR) is 50.7 cm³/mol. The monoisotopic (exact) mass is 218 g/mol. The molecular weight excluding hydrogens is 204 g/mol. The average molecular weight is 218 g/mol. The van der Waals surface area contributed by atoms with E-state index in [2.05, 4.69) is 16.1 Å². The van der Waals surface area contributed by atoms with Crippen LogP contribution < -0.4 is 0 Å². The summed E-state index contributed by atoms with van der Waals surface area (Å²) in [6.45, 7) is 6.68. The average Bonchev–Trinajstić information content (AvgIpc) is 2.12. The number of hydrogen-bond acceptors (Lipinski definition) is 4. The Morgan fingerprint density at radius 1 is 1.20 bits per heavy atom. The highest BCUT2D eigenvalue weighted by atomic mass is 16.7. The summed E-state index contributed by atoms with van der Waals surface area (Å²) in [6.07, 6.45) is -2.53. The molecule has 0 amide bonds. The molecule has 0 fully saturated rings. The van der Waals surface area contributed by atoms with Crippen LogP contribution >= 0.6 is 0 Å². The van der Waals surface area contributed by atoms with Crippen molar-refractivity contribution in [3.05, 3.63) is 12.3 Å². The van der Waals surface area contributed by atoms with Gasteiger partial charge in [-0.05, 0) is 12.8 Å². The Morgan fingerprint density at radius 3 is 1.93 bits per heavy atom. The Hall–Kier alpha value is -1.72. The molecule has 0 aliphatic carbocycles. The minimum Gasteiger partial charge on any atom is -0.450 e. The minimum atomic E-state index is -1.54. The van der Waals surface area contributed by atoms with Gasteiger partial charge >= 0.3 is 12.3 Å². The van der Waals surface area contributed by atoms with Crippen LogP contribution in [0.15, 0.2) is 12.3 Å². The van der Waals surface area contributed by atoms with E-state index in [1.165, 1.54) is 0 Å². The van der Waals surface area contributed by atoms with Crippen molar-refractivity contribution in [2.75, 3.05) is 0 Å². The zero-order valence-corrected chi connectivity index (χ0v) is 8.65. The SMILES string of the molecule is C=C(OC(=O)O)C(CC)(CC)OC(=O)O. The van der Waals surface area contributed by atoms with Gasteiger partial charge in [0.05, 0.1) is 0 Å². The molecule has 0 aromatic rings.